The summed E-state index contributed by atoms with van der Waals surface area (Å²) in [4.78, 5) is 16.6. The van der Waals surface area contributed by atoms with Crippen LogP contribution in [-0.4, -0.2) is 19.3 Å². The molecule has 3 rings (SSSR count). The molecule has 3 aromatic rings. The van der Waals surface area contributed by atoms with Crippen LogP contribution in [0, 0.1) is 0 Å². The van der Waals surface area contributed by atoms with Crippen molar-refractivity contribution in [2.24, 2.45) is 0 Å². The van der Waals surface area contributed by atoms with E-state index in [2.05, 4.69) is 10.1 Å². The number of fused-ring (bicyclic) bond motifs is 1. The first-order chi connectivity index (χ1) is 9.70. The predicted molar refractivity (Wildman–Crippen MR) is 78.4 cm³/mol. The molecule has 0 aliphatic carbocycles. The summed E-state index contributed by atoms with van der Waals surface area (Å²) in [7, 11) is 0. The van der Waals surface area contributed by atoms with Crippen molar-refractivity contribution in [3.05, 3.63) is 52.2 Å². The van der Waals surface area contributed by atoms with E-state index in [-0.39, 0.29) is 5.56 Å². The van der Waals surface area contributed by atoms with Crippen LogP contribution in [0.15, 0.2) is 41.6 Å². The van der Waals surface area contributed by atoms with Gasteiger partial charge in [0.25, 0.3) is 5.56 Å². The molecule has 0 N–H and O–H groups in total. The minimum atomic E-state index is -0.0647. The van der Waals surface area contributed by atoms with Crippen molar-refractivity contribution in [3.8, 4) is 5.69 Å². The zero-order valence-corrected chi connectivity index (χ0v) is 11.7. The number of rotatable bonds is 3. The lowest BCUT2D eigenvalue weighted by molar-refractivity contribution is 0.647. The standard InChI is InChI=1S/C14H13ClN4O/c1-2-6-18-9-16-13-12(14(18)20)8-17-19(13)11-5-3-4-10(15)7-11/h3-5,7-9H,2,6H2,1H3. The lowest BCUT2D eigenvalue weighted by Gasteiger charge is -2.05. The van der Waals surface area contributed by atoms with Crippen molar-refractivity contribution in [3.63, 3.8) is 0 Å². The van der Waals surface area contributed by atoms with Crippen molar-refractivity contribution in [1.29, 1.82) is 0 Å². The molecular formula is C14H13ClN4O. The van der Waals surface area contributed by atoms with E-state index in [1.54, 1.807) is 33.9 Å². The van der Waals surface area contributed by atoms with E-state index in [9.17, 15) is 4.79 Å². The Hall–Kier alpha value is -2.14. The molecule has 102 valence electrons. The fraction of sp³-hybridized carbons (Fsp3) is 0.214. The van der Waals surface area contributed by atoms with Gasteiger partial charge in [-0.15, -0.1) is 0 Å². The number of halogens is 1. The largest absolute Gasteiger partial charge is 0.299 e. The van der Waals surface area contributed by atoms with Crippen LogP contribution in [0.25, 0.3) is 16.7 Å². The van der Waals surface area contributed by atoms with Crippen molar-refractivity contribution < 1.29 is 0 Å². The van der Waals surface area contributed by atoms with Gasteiger partial charge < -0.3 is 0 Å². The lowest BCUT2D eigenvalue weighted by Crippen LogP contribution is -2.20. The fourth-order valence-electron chi connectivity index (χ4n) is 2.15. The molecule has 0 bridgehead atoms. The summed E-state index contributed by atoms with van der Waals surface area (Å²) in [5.74, 6) is 0. The highest BCUT2D eigenvalue weighted by Gasteiger charge is 2.11. The molecule has 0 saturated carbocycles. The van der Waals surface area contributed by atoms with Gasteiger partial charge in [0.2, 0.25) is 0 Å². The maximum Gasteiger partial charge on any atom is 0.264 e. The summed E-state index contributed by atoms with van der Waals surface area (Å²) in [5, 5.41) is 5.38. The summed E-state index contributed by atoms with van der Waals surface area (Å²) in [6, 6.07) is 7.28. The number of nitrogens with zero attached hydrogens (tertiary/aromatic N) is 4. The molecule has 0 amide bonds. The lowest BCUT2D eigenvalue weighted by atomic mass is 10.3. The van der Waals surface area contributed by atoms with Gasteiger partial charge in [-0.25, -0.2) is 9.67 Å². The van der Waals surface area contributed by atoms with Gasteiger partial charge in [0.1, 0.15) is 5.39 Å². The first-order valence-electron chi connectivity index (χ1n) is 6.40. The average Bonchev–Trinajstić information content (AvgIpc) is 2.87. The third kappa shape index (κ3) is 2.10. The quantitative estimate of drug-likeness (QED) is 0.744. The van der Waals surface area contributed by atoms with Crippen LogP contribution in [0.4, 0.5) is 0 Å². The van der Waals surface area contributed by atoms with Gasteiger partial charge in [0, 0.05) is 11.6 Å². The van der Waals surface area contributed by atoms with Gasteiger partial charge in [-0.05, 0) is 24.6 Å². The maximum absolute atomic E-state index is 12.3. The Bertz CT molecular complexity index is 821. The average molecular weight is 289 g/mol. The Morgan fingerprint density at radius 1 is 1.35 bits per heavy atom. The van der Waals surface area contributed by atoms with Gasteiger partial charge >= 0.3 is 0 Å². The first-order valence-corrected chi connectivity index (χ1v) is 6.77. The number of aromatic nitrogens is 4. The molecule has 20 heavy (non-hydrogen) atoms. The van der Waals surface area contributed by atoms with E-state index in [0.717, 1.165) is 12.1 Å². The number of hydrogen-bond donors (Lipinski definition) is 0. The molecule has 0 fully saturated rings. The maximum atomic E-state index is 12.3. The van der Waals surface area contributed by atoms with E-state index in [1.807, 2.05) is 19.1 Å². The predicted octanol–water partition coefficient (Wildman–Crippen LogP) is 2.65. The Balaban J connectivity index is 2.20. The van der Waals surface area contributed by atoms with Gasteiger partial charge in [0.15, 0.2) is 5.65 Å². The Morgan fingerprint density at radius 3 is 2.95 bits per heavy atom. The third-order valence-corrected chi connectivity index (χ3v) is 3.31. The van der Waals surface area contributed by atoms with E-state index < -0.39 is 0 Å². The molecule has 0 atom stereocenters. The molecule has 0 unspecified atom stereocenters. The van der Waals surface area contributed by atoms with Crippen LogP contribution >= 0.6 is 11.6 Å². The molecular weight excluding hydrogens is 276 g/mol. The van der Waals surface area contributed by atoms with Crippen LogP contribution in [-0.2, 0) is 6.54 Å². The van der Waals surface area contributed by atoms with Crippen LogP contribution in [0.5, 0.6) is 0 Å². The fourth-order valence-corrected chi connectivity index (χ4v) is 2.33. The molecule has 1 aromatic carbocycles. The monoisotopic (exact) mass is 288 g/mol. The smallest absolute Gasteiger partial charge is 0.264 e. The minimum Gasteiger partial charge on any atom is -0.299 e. The van der Waals surface area contributed by atoms with E-state index in [1.165, 1.54) is 0 Å². The van der Waals surface area contributed by atoms with Crippen LogP contribution in [0.3, 0.4) is 0 Å². The highest BCUT2D eigenvalue weighted by molar-refractivity contribution is 6.30. The molecule has 0 aliphatic heterocycles. The van der Waals surface area contributed by atoms with Gasteiger partial charge in [-0.1, -0.05) is 24.6 Å². The highest BCUT2D eigenvalue weighted by Crippen LogP contribution is 2.17. The third-order valence-electron chi connectivity index (χ3n) is 3.07. The topological polar surface area (TPSA) is 52.7 Å². The Labute approximate surface area is 120 Å². The normalized spacial score (nSPS) is 11.1. The summed E-state index contributed by atoms with van der Waals surface area (Å²) in [5.41, 5.74) is 1.27. The Kier molecular flexibility index (Phi) is 3.28. The molecule has 2 aromatic heterocycles. The van der Waals surface area contributed by atoms with Gasteiger partial charge in [0.05, 0.1) is 18.2 Å². The molecule has 0 aliphatic rings. The van der Waals surface area contributed by atoms with Crippen molar-refractivity contribution in [2.45, 2.75) is 19.9 Å². The number of hydrogen-bond acceptors (Lipinski definition) is 3. The van der Waals surface area contributed by atoms with Crippen LogP contribution in [0.2, 0.25) is 5.02 Å². The summed E-state index contributed by atoms with van der Waals surface area (Å²) >= 11 is 5.98. The first kappa shape index (κ1) is 12.9. The zero-order valence-electron chi connectivity index (χ0n) is 11.0. The van der Waals surface area contributed by atoms with Crippen LogP contribution in [0.1, 0.15) is 13.3 Å². The SMILES string of the molecule is CCCn1cnc2c(cnn2-c2cccc(Cl)c2)c1=O. The molecule has 0 radical (unpaired) electrons. The number of aryl methyl sites for hydroxylation is 1. The summed E-state index contributed by atoms with van der Waals surface area (Å²) in [6.45, 7) is 2.68. The summed E-state index contributed by atoms with van der Waals surface area (Å²) < 4.78 is 3.23. The molecule has 0 spiro atoms. The zero-order chi connectivity index (χ0) is 14.1. The molecule has 5 nitrogen and oxygen atoms in total. The van der Waals surface area contributed by atoms with E-state index in [4.69, 9.17) is 11.6 Å². The molecule has 0 saturated heterocycles. The summed E-state index contributed by atoms with van der Waals surface area (Å²) in [6.07, 6.45) is 4.00. The second kappa shape index (κ2) is 5.09. The Morgan fingerprint density at radius 2 is 2.20 bits per heavy atom. The van der Waals surface area contributed by atoms with Crippen molar-refractivity contribution >= 4 is 22.6 Å². The van der Waals surface area contributed by atoms with Gasteiger partial charge in [-0.3, -0.25) is 9.36 Å². The van der Waals surface area contributed by atoms with Crippen LogP contribution < -0.4 is 5.56 Å². The van der Waals surface area contributed by atoms with E-state index in [0.29, 0.717) is 22.6 Å². The second-order valence-corrected chi connectivity index (χ2v) is 4.95. The number of benzene rings is 1. The highest BCUT2D eigenvalue weighted by atomic mass is 35.5. The van der Waals surface area contributed by atoms with Crippen molar-refractivity contribution in [2.75, 3.05) is 0 Å². The van der Waals surface area contributed by atoms with Crippen molar-refractivity contribution in [1.82, 2.24) is 19.3 Å². The minimum absolute atomic E-state index is 0.0647. The van der Waals surface area contributed by atoms with E-state index >= 15 is 0 Å². The second-order valence-electron chi connectivity index (χ2n) is 4.52. The van der Waals surface area contributed by atoms with Gasteiger partial charge in [-0.2, -0.15) is 5.10 Å². The molecule has 6 heteroatoms. The molecule has 2 heterocycles.